The number of carbonyl (C=O) groups is 1. The number of benzene rings is 2. The molecule has 0 fully saturated rings. The molecule has 3 rings (SSSR count). The van der Waals surface area contributed by atoms with Crippen molar-refractivity contribution < 1.29 is 14.5 Å². The van der Waals surface area contributed by atoms with Crippen LogP contribution in [0.4, 0.5) is 10.8 Å². The highest BCUT2D eigenvalue weighted by molar-refractivity contribution is 7.22. The van der Waals surface area contributed by atoms with Crippen molar-refractivity contribution in [2.45, 2.75) is 6.92 Å². The molecule has 1 amide bonds. The number of thiazole rings is 1. The van der Waals surface area contributed by atoms with E-state index in [1.165, 1.54) is 34.4 Å². The predicted octanol–water partition coefficient (Wildman–Crippen LogP) is 4.47. The monoisotopic (exact) mass is 448 g/mol. The Balaban J connectivity index is 2.09. The minimum Gasteiger partial charge on any atom is -0.492 e. The number of para-hydroxylation sites is 1. The van der Waals surface area contributed by atoms with Gasteiger partial charge in [0.2, 0.25) is 0 Å². The van der Waals surface area contributed by atoms with Gasteiger partial charge in [0.05, 0.1) is 16.2 Å². The Hall–Kier alpha value is -2.75. The normalized spacial score (nSPS) is 11.1. The van der Waals surface area contributed by atoms with Gasteiger partial charge in [-0.25, -0.2) is 4.98 Å². The van der Waals surface area contributed by atoms with Crippen LogP contribution in [0.25, 0.3) is 10.2 Å². The van der Waals surface area contributed by atoms with Gasteiger partial charge in [0.15, 0.2) is 5.13 Å². The van der Waals surface area contributed by atoms with Crippen LogP contribution >= 0.6 is 22.9 Å². The molecule has 10 heteroatoms. The summed E-state index contributed by atoms with van der Waals surface area (Å²) in [6, 6.07) is 9.54. The molecule has 0 saturated carbocycles. The van der Waals surface area contributed by atoms with Crippen molar-refractivity contribution >= 4 is 49.9 Å². The number of halogens is 1. The molecule has 0 radical (unpaired) electrons. The van der Waals surface area contributed by atoms with E-state index in [-0.39, 0.29) is 16.3 Å². The Bertz CT molecular complexity index is 1090. The number of rotatable bonds is 8. The number of likely N-dealkylation sites (N-methyl/N-ethyl adjacent to an activating group) is 1. The molecule has 1 aromatic heterocycles. The number of hydrogen-bond donors (Lipinski definition) is 0. The molecule has 0 aliphatic rings. The molecule has 0 atom stereocenters. The summed E-state index contributed by atoms with van der Waals surface area (Å²) in [4.78, 5) is 32.3. The van der Waals surface area contributed by atoms with Crippen molar-refractivity contribution in [1.29, 1.82) is 0 Å². The van der Waals surface area contributed by atoms with Crippen LogP contribution in [-0.4, -0.2) is 54.5 Å². The van der Waals surface area contributed by atoms with Gasteiger partial charge in [0.25, 0.3) is 11.6 Å². The van der Waals surface area contributed by atoms with Gasteiger partial charge in [0, 0.05) is 24.2 Å². The molecule has 2 aromatic carbocycles. The largest absolute Gasteiger partial charge is 0.492 e. The van der Waals surface area contributed by atoms with Crippen LogP contribution in [0.5, 0.6) is 5.75 Å². The fourth-order valence-electron chi connectivity index (χ4n) is 2.87. The van der Waals surface area contributed by atoms with E-state index in [4.69, 9.17) is 16.3 Å². The van der Waals surface area contributed by atoms with E-state index in [9.17, 15) is 14.9 Å². The summed E-state index contributed by atoms with van der Waals surface area (Å²) in [7, 11) is 3.77. The third kappa shape index (κ3) is 4.69. The lowest BCUT2D eigenvalue weighted by atomic mass is 10.1. The standard InChI is InChI=1S/C20H21ClN4O4S/c1-4-29-16-6-5-7-17-18(16)22-20(30-17)24(11-10-23(2)3)19(26)14-12-13(21)8-9-15(14)25(27)28/h5-9,12H,4,10-11H2,1-3H3. The third-order valence-electron chi connectivity index (χ3n) is 4.30. The lowest BCUT2D eigenvalue weighted by Crippen LogP contribution is -2.37. The summed E-state index contributed by atoms with van der Waals surface area (Å²) >= 11 is 7.36. The van der Waals surface area contributed by atoms with Gasteiger partial charge in [-0.2, -0.15) is 0 Å². The summed E-state index contributed by atoms with van der Waals surface area (Å²) in [6.07, 6.45) is 0. The summed E-state index contributed by atoms with van der Waals surface area (Å²) in [5.41, 5.74) is 0.286. The average Bonchev–Trinajstić information content (AvgIpc) is 3.12. The van der Waals surface area contributed by atoms with Gasteiger partial charge in [-0.05, 0) is 45.3 Å². The van der Waals surface area contributed by atoms with Crippen LogP contribution in [0, 0.1) is 10.1 Å². The molecule has 0 aliphatic heterocycles. The van der Waals surface area contributed by atoms with Crippen molar-refractivity contribution in [3.8, 4) is 5.75 Å². The zero-order valence-electron chi connectivity index (χ0n) is 16.8. The quantitative estimate of drug-likeness (QED) is 0.373. The Morgan fingerprint density at radius 1 is 1.27 bits per heavy atom. The second-order valence-corrected chi connectivity index (χ2v) is 8.16. The molecule has 0 saturated heterocycles. The van der Waals surface area contributed by atoms with E-state index in [0.717, 1.165) is 4.70 Å². The minimum atomic E-state index is -0.584. The number of aromatic nitrogens is 1. The molecule has 0 N–H and O–H groups in total. The maximum atomic E-state index is 13.4. The molecule has 1 heterocycles. The lowest BCUT2D eigenvalue weighted by Gasteiger charge is -2.22. The Morgan fingerprint density at radius 2 is 2.03 bits per heavy atom. The zero-order valence-corrected chi connectivity index (χ0v) is 18.4. The van der Waals surface area contributed by atoms with Gasteiger partial charge >= 0.3 is 0 Å². The van der Waals surface area contributed by atoms with E-state index in [0.29, 0.717) is 36.1 Å². The first kappa shape index (κ1) is 21.9. The van der Waals surface area contributed by atoms with Gasteiger partial charge in [-0.1, -0.05) is 29.0 Å². The molecule has 0 bridgehead atoms. The van der Waals surface area contributed by atoms with Crippen molar-refractivity contribution in [3.05, 3.63) is 57.1 Å². The molecular formula is C20H21ClN4O4S. The number of ether oxygens (including phenoxy) is 1. The van der Waals surface area contributed by atoms with E-state index >= 15 is 0 Å². The molecular weight excluding hydrogens is 428 g/mol. The van der Waals surface area contributed by atoms with E-state index in [1.807, 2.05) is 44.1 Å². The number of anilines is 1. The van der Waals surface area contributed by atoms with Gasteiger partial charge in [-0.3, -0.25) is 19.8 Å². The number of nitrogens with zero attached hydrogens (tertiary/aromatic N) is 4. The highest BCUT2D eigenvalue weighted by atomic mass is 35.5. The number of amides is 1. The first-order valence-corrected chi connectivity index (χ1v) is 10.4. The van der Waals surface area contributed by atoms with E-state index < -0.39 is 10.8 Å². The first-order chi connectivity index (χ1) is 14.3. The van der Waals surface area contributed by atoms with Crippen LogP contribution in [-0.2, 0) is 0 Å². The average molecular weight is 449 g/mol. The Morgan fingerprint density at radius 3 is 2.70 bits per heavy atom. The maximum Gasteiger partial charge on any atom is 0.282 e. The van der Waals surface area contributed by atoms with Crippen LogP contribution < -0.4 is 9.64 Å². The molecule has 0 unspecified atom stereocenters. The molecule has 8 nitrogen and oxygen atoms in total. The van der Waals surface area contributed by atoms with Gasteiger partial charge in [0.1, 0.15) is 16.8 Å². The van der Waals surface area contributed by atoms with Crippen LogP contribution in [0.2, 0.25) is 5.02 Å². The molecule has 30 heavy (non-hydrogen) atoms. The third-order valence-corrected chi connectivity index (χ3v) is 5.58. The Labute approximate surface area is 182 Å². The predicted molar refractivity (Wildman–Crippen MR) is 119 cm³/mol. The van der Waals surface area contributed by atoms with Crippen LogP contribution in [0.15, 0.2) is 36.4 Å². The maximum absolute atomic E-state index is 13.4. The highest BCUT2D eigenvalue weighted by Gasteiger charge is 2.28. The summed E-state index contributed by atoms with van der Waals surface area (Å²) in [6.45, 7) is 3.23. The fraction of sp³-hybridized carbons (Fsp3) is 0.300. The molecule has 3 aromatic rings. The van der Waals surface area contributed by atoms with Crippen LogP contribution in [0.3, 0.4) is 0 Å². The number of carbonyl (C=O) groups excluding carboxylic acids is 1. The van der Waals surface area contributed by atoms with E-state index in [1.54, 1.807) is 0 Å². The molecule has 0 spiro atoms. The fourth-order valence-corrected chi connectivity index (χ4v) is 4.05. The van der Waals surface area contributed by atoms with Gasteiger partial charge < -0.3 is 9.64 Å². The topological polar surface area (TPSA) is 88.8 Å². The summed E-state index contributed by atoms with van der Waals surface area (Å²) in [5.74, 6) is 0.106. The van der Waals surface area contributed by atoms with Crippen LogP contribution in [0.1, 0.15) is 17.3 Å². The number of fused-ring (bicyclic) bond motifs is 1. The van der Waals surface area contributed by atoms with E-state index in [2.05, 4.69) is 4.98 Å². The SMILES string of the molecule is CCOc1cccc2sc(N(CCN(C)C)C(=O)c3cc(Cl)ccc3[N+](=O)[O-])nc12. The second-order valence-electron chi connectivity index (χ2n) is 6.71. The van der Waals surface area contributed by atoms with Crippen molar-refractivity contribution in [2.75, 3.05) is 38.7 Å². The first-order valence-electron chi connectivity index (χ1n) is 9.24. The highest BCUT2D eigenvalue weighted by Crippen LogP contribution is 2.35. The van der Waals surface area contributed by atoms with Gasteiger partial charge in [-0.15, -0.1) is 0 Å². The van der Waals surface area contributed by atoms with Crippen molar-refractivity contribution in [3.63, 3.8) is 0 Å². The number of nitro benzene ring substituents is 1. The lowest BCUT2D eigenvalue weighted by molar-refractivity contribution is -0.385. The van der Waals surface area contributed by atoms with Crippen molar-refractivity contribution in [2.24, 2.45) is 0 Å². The summed E-state index contributed by atoms with van der Waals surface area (Å²) in [5, 5.41) is 12.2. The number of nitro groups is 1. The number of hydrogen-bond acceptors (Lipinski definition) is 7. The zero-order chi connectivity index (χ0) is 21.8. The Kier molecular flexibility index (Phi) is 6.86. The second kappa shape index (κ2) is 9.38. The molecule has 158 valence electrons. The minimum absolute atomic E-state index is 0.0736. The van der Waals surface area contributed by atoms with Crippen molar-refractivity contribution in [1.82, 2.24) is 9.88 Å². The summed E-state index contributed by atoms with van der Waals surface area (Å²) < 4.78 is 6.51. The smallest absolute Gasteiger partial charge is 0.282 e. The molecule has 0 aliphatic carbocycles.